The lowest BCUT2D eigenvalue weighted by Crippen LogP contribution is -2.55. The Morgan fingerprint density at radius 3 is 1.33 bits per heavy atom. The molecule has 5 aromatic heterocycles. The minimum Gasteiger partial charge on any atom is -0.356 e. The van der Waals surface area contributed by atoms with E-state index in [9.17, 15) is 60.7 Å². The first-order valence-corrected chi connectivity index (χ1v) is 33.7. The molecular formula is C76H89F4N13O11. The van der Waals surface area contributed by atoms with Gasteiger partial charge in [0.1, 0.15) is 28.8 Å². The van der Waals surface area contributed by atoms with Crippen molar-refractivity contribution in [1.82, 2.24) is 44.8 Å². The molecule has 8 aromatic rings. The molecule has 2 aliphatic rings. The Hall–Kier alpha value is -10.9. The number of Topliss-reactive ketones (excluding diaryl/α,β-unsaturated/α-hetero) is 3. The second kappa shape index (κ2) is 31.8. The molecule has 2 atom stereocenters. The van der Waals surface area contributed by atoms with Crippen molar-refractivity contribution in [3.63, 3.8) is 0 Å². The molecule has 2 unspecified atom stereocenters. The number of nitrogens with zero attached hydrogens (tertiary/aromatic N) is 7. The largest absolute Gasteiger partial charge is 0.356 e. The maximum absolute atomic E-state index is 13.6. The van der Waals surface area contributed by atoms with Gasteiger partial charge >= 0.3 is 0 Å². The van der Waals surface area contributed by atoms with E-state index in [4.69, 9.17) is 9.26 Å². The highest BCUT2D eigenvalue weighted by Gasteiger charge is 2.48. The maximum Gasteiger partial charge on any atom is 0.294 e. The highest BCUT2D eigenvalue weighted by atomic mass is 19.1. The molecule has 0 bridgehead atoms. The molecule has 24 nitrogen and oxygen atoms in total. The number of anilines is 4. The number of carbonyl (C=O) groups is 9. The van der Waals surface area contributed by atoms with Crippen molar-refractivity contribution in [2.75, 3.05) is 40.5 Å². The summed E-state index contributed by atoms with van der Waals surface area (Å²) in [6.07, 6.45) is 3.31. The summed E-state index contributed by atoms with van der Waals surface area (Å²) in [4.78, 5) is 128. The van der Waals surface area contributed by atoms with Crippen LogP contribution in [0, 0.1) is 92.6 Å². The average Bonchev–Trinajstić information content (AvgIpc) is 1.53. The molecule has 6 heterocycles. The van der Waals surface area contributed by atoms with Gasteiger partial charge in [-0.25, -0.2) is 22.5 Å². The number of ether oxygens (including phenoxy) is 1. The van der Waals surface area contributed by atoms with Gasteiger partial charge < -0.3 is 59.8 Å². The van der Waals surface area contributed by atoms with E-state index in [1.54, 1.807) is 128 Å². The van der Waals surface area contributed by atoms with Crippen LogP contribution in [0.4, 0.5) is 40.4 Å². The zero-order valence-electron chi connectivity index (χ0n) is 61.7. The number of amides is 6. The van der Waals surface area contributed by atoms with Crippen LogP contribution in [0.25, 0.3) is 0 Å². The van der Waals surface area contributed by atoms with E-state index < -0.39 is 75.8 Å². The summed E-state index contributed by atoms with van der Waals surface area (Å²) in [6.45, 7) is 25.8. The van der Waals surface area contributed by atoms with Crippen LogP contribution in [0.2, 0.25) is 0 Å². The van der Waals surface area contributed by atoms with Gasteiger partial charge in [0.05, 0.1) is 45.9 Å². The number of ketones is 3. The highest BCUT2D eigenvalue weighted by Crippen LogP contribution is 2.45. The third kappa shape index (κ3) is 17.6. The van der Waals surface area contributed by atoms with Crippen molar-refractivity contribution in [2.45, 2.75) is 153 Å². The first-order valence-electron chi connectivity index (χ1n) is 33.7. The normalized spacial score (nSPS) is 14.1. The molecule has 10 rings (SSSR count). The number of halogens is 4. The third-order valence-electron chi connectivity index (χ3n) is 19.1. The molecule has 552 valence electrons. The van der Waals surface area contributed by atoms with Gasteiger partial charge in [0, 0.05) is 87.0 Å². The van der Waals surface area contributed by atoms with Crippen LogP contribution in [-0.2, 0) is 45.8 Å². The van der Waals surface area contributed by atoms with Gasteiger partial charge in [-0.15, -0.1) is 0 Å². The number of hydrogen-bond acceptors (Lipinski definition) is 15. The molecule has 104 heavy (non-hydrogen) atoms. The fraction of sp³-hybridized carbons (Fsp3) is 0.395. The second-order valence-corrected chi connectivity index (χ2v) is 27.7. The molecule has 6 N–H and O–H groups in total. The number of carbonyl (C=O) groups excluding carboxylic acids is 9. The number of hydrogen-bond donors (Lipinski definition) is 6. The van der Waals surface area contributed by atoms with Crippen LogP contribution in [0.15, 0.2) is 83.5 Å². The fourth-order valence-corrected chi connectivity index (χ4v) is 12.7. The Labute approximate surface area is 600 Å². The summed E-state index contributed by atoms with van der Waals surface area (Å²) in [5, 5.41) is 20.5. The summed E-state index contributed by atoms with van der Waals surface area (Å²) in [5.74, 6) is -5.48. The number of piperidine rings is 1. The average molecular weight is 1440 g/mol. The lowest BCUT2D eigenvalue weighted by Gasteiger charge is -2.40. The lowest BCUT2D eigenvalue weighted by molar-refractivity contribution is -0.120. The first-order chi connectivity index (χ1) is 48.7. The molecule has 1 aliphatic heterocycles. The molecule has 28 heteroatoms. The summed E-state index contributed by atoms with van der Waals surface area (Å²) in [5.41, 5.74) is 3.91. The topological polar surface area (TPSA) is 305 Å². The van der Waals surface area contributed by atoms with Crippen molar-refractivity contribution in [1.29, 1.82) is 0 Å². The van der Waals surface area contributed by atoms with E-state index >= 15 is 0 Å². The molecule has 6 amide bonds. The standard InChI is InChI=1S/C28H32FN5O3.C25H28FN5O4.C23H29F2N3O4/c1-17-16-20(9-10-21(17)29)31-26(36)23-18(2)24(33(5)19(23)3)25(35)27(37)32-28(4)11-14-34(15-12-28)22-8-6-7-13-30-22;1-12-11-17(9-10-18(12)26)28-22(33)19-13(2)20(31(6)14(19)3)21(32)23(34)29-25(5,16-7-8-16)24-27-15(4)35-30-24;1-12-10-16(8-9-17(12)25)26-21(30)18-13(2)19(28(7)14(18)3)20(29)22(31)27-23(5,6)11-32-15(4)24/h6-10,13,16H,11-12,14-15H2,1-5H3,(H,31,36)(H,32,37);9-11,16H,7-8H2,1-6H3,(H,28,33)(H,29,34);8-10,15H,11H2,1-7H3,(H,26,30)(H,27,31). The van der Waals surface area contributed by atoms with Crippen molar-refractivity contribution in [3.8, 4) is 0 Å². The number of nitrogens with one attached hydrogen (secondary N) is 6. The maximum atomic E-state index is 13.6. The molecule has 0 radical (unpaired) electrons. The minimum absolute atomic E-state index is 0.0658. The molecular weight excluding hydrogens is 1350 g/mol. The predicted molar refractivity (Wildman–Crippen MR) is 383 cm³/mol. The van der Waals surface area contributed by atoms with Crippen LogP contribution in [0.5, 0.6) is 0 Å². The van der Waals surface area contributed by atoms with Crippen LogP contribution < -0.4 is 36.8 Å². The molecule has 0 spiro atoms. The summed E-state index contributed by atoms with van der Waals surface area (Å²) >= 11 is 0. The Bertz CT molecular complexity index is 4690. The molecule has 2 fully saturated rings. The first kappa shape index (κ1) is 78.8. The number of alkyl halides is 1. The smallest absolute Gasteiger partial charge is 0.294 e. The monoisotopic (exact) mass is 1440 g/mol. The van der Waals surface area contributed by atoms with Crippen LogP contribution >= 0.6 is 0 Å². The van der Waals surface area contributed by atoms with Gasteiger partial charge in [-0.05, 0) is 229 Å². The number of aromatic nitrogens is 6. The molecule has 1 aliphatic carbocycles. The van der Waals surface area contributed by atoms with Crippen LogP contribution in [-0.4, -0.2) is 119 Å². The lowest BCUT2D eigenvalue weighted by atomic mass is 9.89. The van der Waals surface area contributed by atoms with E-state index in [2.05, 4.69) is 51.9 Å². The van der Waals surface area contributed by atoms with Crippen LogP contribution in [0.3, 0.4) is 0 Å². The van der Waals surface area contributed by atoms with Gasteiger partial charge in [0.25, 0.3) is 52.8 Å². The van der Waals surface area contributed by atoms with E-state index in [1.165, 1.54) is 64.6 Å². The van der Waals surface area contributed by atoms with Crippen molar-refractivity contribution in [3.05, 3.63) is 192 Å². The fourth-order valence-electron chi connectivity index (χ4n) is 12.7. The van der Waals surface area contributed by atoms with Gasteiger partial charge in [-0.1, -0.05) is 11.2 Å². The van der Waals surface area contributed by atoms with E-state index in [-0.39, 0.29) is 58.2 Å². The van der Waals surface area contributed by atoms with Gasteiger partial charge in [0.2, 0.25) is 5.89 Å². The number of pyridine rings is 1. The van der Waals surface area contributed by atoms with E-state index in [0.717, 1.165) is 18.7 Å². The Morgan fingerprint density at radius 1 is 0.587 bits per heavy atom. The SMILES string of the molecule is Cc1cc(NC(=O)c2c(C)c(C(=O)C(=O)NC(C)(C)COC(C)F)n(C)c2C)ccc1F.Cc1cc(NC(=O)c2c(C)c(C(=O)C(=O)NC3(C)CCN(c4ccccn4)CC3)n(C)c2C)ccc1F.Cc1nc(C(C)(NC(=O)C(=O)c2c(C)c(C(=O)Nc3ccc(F)c(C)c3)c(C)n2C)C2CC2)no1. The van der Waals surface area contributed by atoms with E-state index in [0.29, 0.717) is 111 Å². The van der Waals surface area contributed by atoms with Crippen LogP contribution in [0.1, 0.15) is 185 Å². The number of benzene rings is 3. The second-order valence-electron chi connectivity index (χ2n) is 27.7. The Balaban J connectivity index is 0.000000198. The quantitative estimate of drug-likeness (QED) is 0.0221. The Kier molecular flexibility index (Phi) is 24.1. The number of rotatable bonds is 21. The number of aryl methyl sites for hydroxylation is 4. The van der Waals surface area contributed by atoms with Gasteiger partial charge in [-0.3, -0.25) is 43.2 Å². The minimum atomic E-state index is -1.51. The van der Waals surface area contributed by atoms with E-state index in [1.807, 2.05) is 25.1 Å². The van der Waals surface area contributed by atoms with Crippen molar-refractivity contribution >= 4 is 75.7 Å². The summed E-state index contributed by atoms with van der Waals surface area (Å²) in [6, 6.07) is 18.5. The van der Waals surface area contributed by atoms with Gasteiger partial charge in [0.15, 0.2) is 12.2 Å². The Morgan fingerprint density at radius 2 is 0.981 bits per heavy atom. The van der Waals surface area contributed by atoms with Gasteiger partial charge in [-0.2, -0.15) is 4.98 Å². The summed E-state index contributed by atoms with van der Waals surface area (Å²) in [7, 11) is 4.87. The third-order valence-corrected chi connectivity index (χ3v) is 19.1. The predicted octanol–water partition coefficient (Wildman–Crippen LogP) is 11.5. The highest BCUT2D eigenvalue weighted by molar-refractivity contribution is 6.44. The molecule has 1 saturated carbocycles. The van der Waals surface area contributed by atoms with Crippen molar-refractivity contribution in [2.24, 2.45) is 27.1 Å². The molecule has 3 aromatic carbocycles. The zero-order valence-corrected chi connectivity index (χ0v) is 61.7. The zero-order chi connectivity index (χ0) is 76.9. The summed E-state index contributed by atoms with van der Waals surface area (Å²) < 4.78 is 68.2. The van der Waals surface area contributed by atoms with Crippen molar-refractivity contribution < 1.29 is 70.0 Å². The molecule has 1 saturated heterocycles.